The van der Waals surface area contributed by atoms with Gasteiger partial charge in [-0.05, 0) is 37.1 Å². The van der Waals surface area contributed by atoms with Crippen LogP contribution in [0.3, 0.4) is 0 Å². The number of hydrogen-bond acceptors (Lipinski definition) is 4. The third-order valence-corrected chi connectivity index (χ3v) is 5.47. The summed E-state index contributed by atoms with van der Waals surface area (Å²) in [6.07, 6.45) is 3.16. The highest BCUT2D eigenvalue weighted by Gasteiger charge is 2.31. The van der Waals surface area contributed by atoms with E-state index < -0.39 is 10.0 Å². The summed E-state index contributed by atoms with van der Waals surface area (Å²) in [5.74, 6) is -0.0327. The number of aromatic nitrogens is 1. The van der Waals surface area contributed by atoms with Gasteiger partial charge >= 0.3 is 0 Å². The van der Waals surface area contributed by atoms with Gasteiger partial charge in [0.25, 0.3) is 0 Å². The number of hydrogen-bond donors (Lipinski definition) is 1. The summed E-state index contributed by atoms with van der Waals surface area (Å²) >= 11 is 0. The Kier molecular flexibility index (Phi) is 4.64. The van der Waals surface area contributed by atoms with E-state index in [4.69, 9.17) is 0 Å². The van der Waals surface area contributed by atoms with E-state index in [2.05, 4.69) is 9.71 Å². The lowest BCUT2D eigenvalue weighted by atomic mass is 10.1. The average molecular weight is 345 g/mol. The summed E-state index contributed by atoms with van der Waals surface area (Å²) < 4.78 is 27.0. The van der Waals surface area contributed by atoms with Crippen LogP contribution >= 0.6 is 0 Å². The number of rotatable bonds is 5. The molecular formula is C17H19N3O3S. The van der Waals surface area contributed by atoms with Crippen molar-refractivity contribution in [1.82, 2.24) is 9.71 Å². The molecule has 1 N–H and O–H groups in total. The largest absolute Gasteiger partial charge is 0.312 e. The van der Waals surface area contributed by atoms with Gasteiger partial charge in [0.1, 0.15) is 4.90 Å². The molecule has 1 saturated heterocycles. The Balaban J connectivity index is 1.63. The first-order valence-corrected chi connectivity index (χ1v) is 9.21. The fraction of sp³-hybridized carbons (Fsp3) is 0.294. The van der Waals surface area contributed by atoms with Crippen molar-refractivity contribution in [3.63, 3.8) is 0 Å². The summed E-state index contributed by atoms with van der Waals surface area (Å²) in [6.45, 7) is 2.73. The topological polar surface area (TPSA) is 79.4 Å². The molecule has 7 heteroatoms. The summed E-state index contributed by atoms with van der Waals surface area (Å²) in [5, 5.41) is 0. The lowest BCUT2D eigenvalue weighted by Crippen LogP contribution is -2.31. The molecule has 0 radical (unpaired) electrons. The van der Waals surface area contributed by atoms with Crippen molar-refractivity contribution in [3.05, 3.63) is 54.4 Å². The molecule has 1 aliphatic rings. The van der Waals surface area contributed by atoms with Gasteiger partial charge in [-0.2, -0.15) is 0 Å². The Hall–Kier alpha value is -2.25. The second kappa shape index (κ2) is 6.70. The molecule has 126 valence electrons. The van der Waals surface area contributed by atoms with Crippen molar-refractivity contribution in [2.24, 2.45) is 5.92 Å². The van der Waals surface area contributed by atoms with Gasteiger partial charge in [0.15, 0.2) is 0 Å². The Morgan fingerprint density at radius 1 is 1.25 bits per heavy atom. The van der Waals surface area contributed by atoms with E-state index in [0.29, 0.717) is 13.0 Å². The third kappa shape index (κ3) is 3.63. The number of aryl methyl sites for hydroxylation is 1. The van der Waals surface area contributed by atoms with Gasteiger partial charge in [-0.3, -0.25) is 9.78 Å². The predicted octanol–water partition coefficient (Wildman–Crippen LogP) is 1.72. The molecule has 1 aromatic carbocycles. The zero-order chi connectivity index (χ0) is 17.2. The van der Waals surface area contributed by atoms with Crippen molar-refractivity contribution in [2.75, 3.05) is 18.0 Å². The van der Waals surface area contributed by atoms with E-state index in [9.17, 15) is 13.2 Å². The maximum Gasteiger partial charge on any atom is 0.242 e. The second-order valence-corrected chi connectivity index (χ2v) is 7.72. The van der Waals surface area contributed by atoms with Gasteiger partial charge in [0, 0.05) is 37.6 Å². The Bertz CT molecular complexity index is 820. The number of sulfonamides is 1. The van der Waals surface area contributed by atoms with E-state index in [1.807, 2.05) is 31.2 Å². The monoisotopic (exact) mass is 345 g/mol. The van der Waals surface area contributed by atoms with Gasteiger partial charge in [0.05, 0.1) is 0 Å². The van der Waals surface area contributed by atoms with Crippen LogP contribution < -0.4 is 9.62 Å². The van der Waals surface area contributed by atoms with Crippen molar-refractivity contribution in [2.45, 2.75) is 18.2 Å². The molecule has 0 saturated carbocycles. The van der Waals surface area contributed by atoms with Gasteiger partial charge in [0.2, 0.25) is 15.9 Å². The Morgan fingerprint density at radius 3 is 2.67 bits per heavy atom. The predicted molar refractivity (Wildman–Crippen MR) is 91.1 cm³/mol. The van der Waals surface area contributed by atoms with E-state index >= 15 is 0 Å². The number of pyridine rings is 1. The molecule has 2 heterocycles. The van der Waals surface area contributed by atoms with E-state index in [1.54, 1.807) is 11.0 Å². The molecule has 0 unspecified atom stereocenters. The van der Waals surface area contributed by atoms with Crippen molar-refractivity contribution < 1.29 is 13.2 Å². The van der Waals surface area contributed by atoms with Gasteiger partial charge in [-0.1, -0.05) is 17.7 Å². The van der Waals surface area contributed by atoms with E-state index in [1.165, 1.54) is 18.5 Å². The number of nitrogens with one attached hydrogen (secondary N) is 1. The SMILES string of the molecule is Cc1ccc(N2C[C@H](CNS(=O)(=O)c3cccnc3)CC2=O)cc1. The second-order valence-electron chi connectivity index (χ2n) is 5.95. The number of amides is 1. The maximum atomic E-state index is 12.2. The minimum Gasteiger partial charge on any atom is -0.312 e. The Labute approximate surface area is 141 Å². The van der Waals surface area contributed by atoms with Crippen LogP contribution in [0, 0.1) is 12.8 Å². The van der Waals surface area contributed by atoms with E-state index in [0.717, 1.165) is 11.3 Å². The summed E-state index contributed by atoms with van der Waals surface area (Å²) in [7, 11) is -3.60. The van der Waals surface area contributed by atoms with Gasteiger partial charge < -0.3 is 4.90 Å². The van der Waals surface area contributed by atoms with Crippen LogP contribution in [0.25, 0.3) is 0 Å². The number of nitrogens with zero attached hydrogens (tertiary/aromatic N) is 2. The molecule has 0 bridgehead atoms. The highest BCUT2D eigenvalue weighted by Crippen LogP contribution is 2.25. The molecule has 2 aromatic rings. The fourth-order valence-corrected chi connectivity index (χ4v) is 3.79. The van der Waals surface area contributed by atoms with Crippen LogP contribution in [-0.2, 0) is 14.8 Å². The number of carbonyl (C=O) groups excluding carboxylic acids is 1. The molecule has 1 amide bonds. The summed E-state index contributed by atoms with van der Waals surface area (Å²) in [5.41, 5.74) is 1.98. The first-order chi connectivity index (χ1) is 11.5. The minimum atomic E-state index is -3.60. The normalized spacial score (nSPS) is 18.1. The molecule has 1 atom stereocenters. The highest BCUT2D eigenvalue weighted by molar-refractivity contribution is 7.89. The summed E-state index contributed by atoms with van der Waals surface area (Å²) in [6, 6.07) is 10.8. The molecule has 1 aliphatic heterocycles. The van der Waals surface area contributed by atoms with Crippen LogP contribution in [0.4, 0.5) is 5.69 Å². The van der Waals surface area contributed by atoms with Crippen LogP contribution in [0.1, 0.15) is 12.0 Å². The van der Waals surface area contributed by atoms with Crippen LogP contribution in [-0.4, -0.2) is 32.4 Å². The molecule has 0 aliphatic carbocycles. The fourth-order valence-electron chi connectivity index (χ4n) is 2.71. The maximum absolute atomic E-state index is 12.2. The molecule has 6 nitrogen and oxygen atoms in total. The zero-order valence-corrected chi connectivity index (χ0v) is 14.2. The van der Waals surface area contributed by atoms with Crippen molar-refractivity contribution in [3.8, 4) is 0 Å². The lowest BCUT2D eigenvalue weighted by Gasteiger charge is -2.17. The van der Waals surface area contributed by atoms with Gasteiger partial charge in [-0.25, -0.2) is 13.1 Å². The van der Waals surface area contributed by atoms with Crippen LogP contribution in [0.2, 0.25) is 0 Å². The molecule has 3 rings (SSSR count). The van der Waals surface area contributed by atoms with Crippen molar-refractivity contribution in [1.29, 1.82) is 0 Å². The standard InChI is InChI=1S/C17H19N3O3S/c1-13-4-6-15(7-5-13)20-12-14(9-17(20)21)10-19-24(22,23)16-3-2-8-18-11-16/h2-8,11,14,19H,9-10,12H2,1H3/t14-/m0/s1. The average Bonchev–Trinajstić information content (AvgIpc) is 2.96. The Morgan fingerprint density at radius 2 is 2.00 bits per heavy atom. The number of anilines is 1. The van der Waals surface area contributed by atoms with Gasteiger partial charge in [-0.15, -0.1) is 0 Å². The highest BCUT2D eigenvalue weighted by atomic mass is 32.2. The van der Waals surface area contributed by atoms with Crippen molar-refractivity contribution >= 4 is 21.6 Å². The van der Waals surface area contributed by atoms with Crippen LogP contribution in [0.15, 0.2) is 53.7 Å². The smallest absolute Gasteiger partial charge is 0.242 e. The number of benzene rings is 1. The van der Waals surface area contributed by atoms with Crippen LogP contribution in [0.5, 0.6) is 0 Å². The quantitative estimate of drug-likeness (QED) is 0.895. The minimum absolute atomic E-state index is 0.0180. The summed E-state index contributed by atoms with van der Waals surface area (Å²) in [4.78, 5) is 17.9. The molecule has 24 heavy (non-hydrogen) atoms. The first-order valence-electron chi connectivity index (χ1n) is 7.72. The molecule has 1 fully saturated rings. The lowest BCUT2D eigenvalue weighted by molar-refractivity contribution is -0.117. The zero-order valence-electron chi connectivity index (χ0n) is 13.3. The van der Waals surface area contributed by atoms with E-state index in [-0.39, 0.29) is 23.3 Å². The molecular weight excluding hydrogens is 326 g/mol. The molecule has 0 spiro atoms. The number of carbonyl (C=O) groups is 1. The molecule has 1 aromatic heterocycles. The third-order valence-electron chi connectivity index (χ3n) is 4.06. The first kappa shape index (κ1) is 16.6.